The summed E-state index contributed by atoms with van der Waals surface area (Å²) in [5, 5.41) is 5.58. The molecule has 0 atom stereocenters. The van der Waals surface area contributed by atoms with Crippen molar-refractivity contribution < 1.29 is 9.47 Å². The molecule has 0 aliphatic carbocycles. The second-order valence-corrected chi connectivity index (χ2v) is 6.90. The van der Waals surface area contributed by atoms with Crippen LogP contribution in [0.1, 0.15) is 6.92 Å². The van der Waals surface area contributed by atoms with E-state index in [0.29, 0.717) is 29.6 Å². The SMILES string of the molecule is CCN(c1ncnc(Nc2ccc3c(c2)OCO3)c1N)c1cccc2ccccc12. The molecule has 1 aromatic heterocycles. The molecule has 0 bridgehead atoms. The summed E-state index contributed by atoms with van der Waals surface area (Å²) in [7, 11) is 0. The lowest BCUT2D eigenvalue weighted by atomic mass is 10.1. The van der Waals surface area contributed by atoms with Gasteiger partial charge in [0.25, 0.3) is 0 Å². The van der Waals surface area contributed by atoms with Crippen LogP contribution in [0.15, 0.2) is 67.0 Å². The van der Waals surface area contributed by atoms with Crippen LogP contribution in [0.3, 0.4) is 0 Å². The average Bonchev–Trinajstić information content (AvgIpc) is 3.25. The molecule has 5 rings (SSSR count). The minimum absolute atomic E-state index is 0.231. The maximum absolute atomic E-state index is 6.52. The Morgan fingerprint density at radius 1 is 1.00 bits per heavy atom. The summed E-state index contributed by atoms with van der Waals surface area (Å²) >= 11 is 0. The number of nitrogens with one attached hydrogen (secondary N) is 1. The lowest BCUT2D eigenvalue weighted by Gasteiger charge is -2.25. The fourth-order valence-electron chi connectivity index (χ4n) is 3.69. The normalized spacial score (nSPS) is 12.2. The van der Waals surface area contributed by atoms with E-state index in [2.05, 4.69) is 51.4 Å². The van der Waals surface area contributed by atoms with Gasteiger partial charge in [0.2, 0.25) is 6.79 Å². The zero-order valence-corrected chi connectivity index (χ0v) is 16.5. The van der Waals surface area contributed by atoms with Crippen molar-refractivity contribution in [2.24, 2.45) is 0 Å². The standard InChI is InChI=1S/C23H21N5O2/c1-2-28(18-9-5-7-15-6-3-4-8-17(15)18)23-21(24)22(25-13-26-23)27-16-10-11-19-20(12-16)30-14-29-19/h3-13H,2,14,24H2,1H3,(H,25,26,27). The average molecular weight is 399 g/mol. The van der Waals surface area contributed by atoms with Gasteiger partial charge in [0.15, 0.2) is 23.1 Å². The van der Waals surface area contributed by atoms with Crippen molar-refractivity contribution in [1.29, 1.82) is 0 Å². The van der Waals surface area contributed by atoms with Crippen LogP contribution in [0.5, 0.6) is 11.5 Å². The highest BCUT2D eigenvalue weighted by Gasteiger charge is 2.19. The van der Waals surface area contributed by atoms with Crippen LogP contribution in [-0.4, -0.2) is 23.3 Å². The van der Waals surface area contributed by atoms with Crippen molar-refractivity contribution in [2.75, 3.05) is 29.3 Å². The number of ether oxygens (including phenoxy) is 2. The second kappa shape index (κ2) is 7.44. The first-order valence-electron chi connectivity index (χ1n) is 9.77. The lowest BCUT2D eigenvalue weighted by molar-refractivity contribution is 0.174. The molecule has 7 nitrogen and oxygen atoms in total. The molecule has 0 amide bonds. The largest absolute Gasteiger partial charge is 0.454 e. The summed E-state index contributed by atoms with van der Waals surface area (Å²) in [6.07, 6.45) is 1.52. The third kappa shape index (κ3) is 3.10. The van der Waals surface area contributed by atoms with Gasteiger partial charge in [0.1, 0.15) is 12.0 Å². The first kappa shape index (κ1) is 18.1. The van der Waals surface area contributed by atoms with E-state index in [-0.39, 0.29) is 6.79 Å². The van der Waals surface area contributed by atoms with Crippen molar-refractivity contribution in [3.63, 3.8) is 0 Å². The fourth-order valence-corrected chi connectivity index (χ4v) is 3.69. The van der Waals surface area contributed by atoms with E-state index < -0.39 is 0 Å². The highest BCUT2D eigenvalue weighted by Crippen LogP contribution is 2.38. The maximum Gasteiger partial charge on any atom is 0.231 e. The first-order valence-corrected chi connectivity index (χ1v) is 9.77. The van der Waals surface area contributed by atoms with Crippen molar-refractivity contribution in [3.8, 4) is 11.5 Å². The Morgan fingerprint density at radius 3 is 2.73 bits per heavy atom. The summed E-state index contributed by atoms with van der Waals surface area (Å²) < 4.78 is 10.8. The molecule has 0 saturated carbocycles. The third-order valence-corrected chi connectivity index (χ3v) is 5.13. The van der Waals surface area contributed by atoms with E-state index in [0.717, 1.165) is 22.5 Å². The van der Waals surface area contributed by atoms with Gasteiger partial charge in [-0.1, -0.05) is 36.4 Å². The van der Waals surface area contributed by atoms with E-state index in [1.807, 2.05) is 36.4 Å². The molecule has 0 saturated heterocycles. The summed E-state index contributed by atoms with van der Waals surface area (Å²) in [5.74, 6) is 2.62. The monoisotopic (exact) mass is 399 g/mol. The van der Waals surface area contributed by atoms with Gasteiger partial charge in [0, 0.05) is 23.7 Å². The van der Waals surface area contributed by atoms with Crippen LogP contribution in [0.2, 0.25) is 0 Å². The molecular weight excluding hydrogens is 378 g/mol. The number of anilines is 5. The van der Waals surface area contributed by atoms with Crippen LogP contribution >= 0.6 is 0 Å². The number of nitrogens with two attached hydrogens (primary N) is 1. The number of nitrogens with zero attached hydrogens (tertiary/aromatic N) is 3. The Bertz CT molecular complexity index is 1220. The van der Waals surface area contributed by atoms with E-state index in [4.69, 9.17) is 15.2 Å². The number of aromatic nitrogens is 2. The van der Waals surface area contributed by atoms with Crippen molar-refractivity contribution in [2.45, 2.75) is 6.92 Å². The highest BCUT2D eigenvalue weighted by atomic mass is 16.7. The quantitative estimate of drug-likeness (QED) is 0.496. The van der Waals surface area contributed by atoms with Gasteiger partial charge in [-0.05, 0) is 30.5 Å². The Labute approximate surface area is 174 Å². The molecule has 2 heterocycles. The molecule has 0 fully saturated rings. The van der Waals surface area contributed by atoms with E-state index in [1.54, 1.807) is 0 Å². The number of hydrogen-bond acceptors (Lipinski definition) is 7. The molecule has 3 aromatic carbocycles. The summed E-state index contributed by atoms with van der Waals surface area (Å²) in [4.78, 5) is 11.0. The smallest absolute Gasteiger partial charge is 0.231 e. The van der Waals surface area contributed by atoms with Crippen LogP contribution in [-0.2, 0) is 0 Å². The van der Waals surface area contributed by atoms with Crippen LogP contribution in [0.25, 0.3) is 10.8 Å². The van der Waals surface area contributed by atoms with Gasteiger partial charge in [-0.2, -0.15) is 0 Å². The van der Waals surface area contributed by atoms with Crippen LogP contribution in [0, 0.1) is 0 Å². The number of fused-ring (bicyclic) bond motifs is 2. The van der Waals surface area contributed by atoms with E-state index >= 15 is 0 Å². The van der Waals surface area contributed by atoms with Gasteiger partial charge < -0.3 is 25.4 Å². The predicted octanol–water partition coefficient (Wildman–Crippen LogP) is 4.84. The summed E-state index contributed by atoms with van der Waals surface area (Å²) in [5.41, 5.74) is 8.85. The molecule has 0 spiro atoms. The molecule has 0 unspecified atom stereocenters. The number of nitrogen functional groups attached to an aromatic ring is 1. The zero-order valence-electron chi connectivity index (χ0n) is 16.5. The Kier molecular flexibility index (Phi) is 4.48. The third-order valence-electron chi connectivity index (χ3n) is 5.13. The number of benzene rings is 3. The zero-order chi connectivity index (χ0) is 20.5. The van der Waals surface area contributed by atoms with E-state index in [1.165, 1.54) is 11.7 Å². The molecule has 3 N–H and O–H groups in total. The lowest BCUT2D eigenvalue weighted by Crippen LogP contribution is -2.20. The summed E-state index contributed by atoms with van der Waals surface area (Å²) in [6, 6.07) is 20.1. The molecule has 4 aromatic rings. The molecular formula is C23H21N5O2. The minimum atomic E-state index is 0.231. The van der Waals surface area contributed by atoms with Gasteiger partial charge in [-0.15, -0.1) is 0 Å². The maximum atomic E-state index is 6.52. The minimum Gasteiger partial charge on any atom is -0.454 e. The molecule has 150 valence electrons. The van der Waals surface area contributed by atoms with Crippen molar-refractivity contribution in [1.82, 2.24) is 9.97 Å². The first-order chi connectivity index (χ1) is 14.7. The Morgan fingerprint density at radius 2 is 1.83 bits per heavy atom. The predicted molar refractivity (Wildman–Crippen MR) is 119 cm³/mol. The van der Waals surface area contributed by atoms with Crippen molar-refractivity contribution >= 4 is 39.5 Å². The molecule has 0 radical (unpaired) electrons. The van der Waals surface area contributed by atoms with E-state index in [9.17, 15) is 0 Å². The number of rotatable bonds is 5. The Balaban J connectivity index is 1.53. The van der Waals surface area contributed by atoms with Crippen molar-refractivity contribution in [3.05, 3.63) is 67.0 Å². The van der Waals surface area contributed by atoms with Crippen LogP contribution in [0.4, 0.5) is 28.7 Å². The van der Waals surface area contributed by atoms with Gasteiger partial charge in [-0.3, -0.25) is 0 Å². The van der Waals surface area contributed by atoms with Crippen LogP contribution < -0.4 is 25.4 Å². The summed E-state index contributed by atoms with van der Waals surface area (Å²) in [6.45, 7) is 3.02. The van der Waals surface area contributed by atoms with Gasteiger partial charge in [0.05, 0.1) is 5.69 Å². The number of hydrogen-bond donors (Lipinski definition) is 2. The molecule has 1 aliphatic rings. The Hall–Kier alpha value is -4.00. The molecule has 30 heavy (non-hydrogen) atoms. The topological polar surface area (TPSA) is 85.5 Å². The molecule has 7 heteroatoms. The highest BCUT2D eigenvalue weighted by molar-refractivity contribution is 5.97. The molecule has 1 aliphatic heterocycles. The second-order valence-electron chi connectivity index (χ2n) is 6.90. The van der Waals surface area contributed by atoms with Gasteiger partial charge in [-0.25, -0.2) is 9.97 Å². The van der Waals surface area contributed by atoms with Gasteiger partial charge >= 0.3 is 0 Å². The fraction of sp³-hybridized carbons (Fsp3) is 0.130.